The molecule has 3 nitrogen and oxygen atoms in total. The lowest BCUT2D eigenvalue weighted by Crippen LogP contribution is -2.56. The molecule has 0 fully saturated rings. The third kappa shape index (κ3) is 4.40. The molecule has 0 atom stereocenters. The van der Waals surface area contributed by atoms with Gasteiger partial charge in [-0.25, -0.2) is 0 Å². The molecule has 0 saturated heterocycles. The van der Waals surface area contributed by atoms with Crippen LogP contribution in [0.2, 0.25) is 26.2 Å². The smallest absolute Gasteiger partial charge is 0.151 e. The molecule has 47 heavy (non-hydrogen) atoms. The van der Waals surface area contributed by atoms with Gasteiger partial charge < -0.3 is 14.4 Å². The molecular formula is C40H33NO2S2Si2. The standard InChI is InChI=1S/C40H33NO2S2Si2/c1-46(2)34-22-9-5-17-29(34)42-38-26(14-12-24-36(38)46)41(28-16-11-21-33-40(28)45-32-20-8-7-19-31(32)44-33)27-15-13-25-37-39(27)43-30-18-6-10-23-35(30)47(37,3)4/h5-25H,1-4H3. The third-order valence-corrected chi connectivity index (χ3v) is 19.4. The van der Waals surface area contributed by atoms with E-state index < -0.39 is 16.1 Å². The van der Waals surface area contributed by atoms with E-state index in [1.54, 1.807) is 0 Å². The summed E-state index contributed by atoms with van der Waals surface area (Å²) in [5.74, 6) is 3.82. The Morgan fingerprint density at radius 2 is 0.851 bits per heavy atom. The average Bonchev–Trinajstić information content (AvgIpc) is 3.08. The van der Waals surface area contributed by atoms with Crippen LogP contribution in [0.4, 0.5) is 17.1 Å². The minimum absolute atomic E-state index is 0.944. The Bertz CT molecular complexity index is 2140. The van der Waals surface area contributed by atoms with E-state index in [9.17, 15) is 0 Å². The summed E-state index contributed by atoms with van der Waals surface area (Å²) < 4.78 is 13.9. The maximum absolute atomic E-state index is 6.96. The monoisotopic (exact) mass is 679 g/mol. The van der Waals surface area contributed by atoms with Gasteiger partial charge in [-0.05, 0) is 69.3 Å². The minimum Gasteiger partial charge on any atom is -0.455 e. The summed E-state index contributed by atoms with van der Waals surface area (Å²) in [6, 6.07) is 46.0. The van der Waals surface area contributed by atoms with E-state index in [2.05, 4.69) is 158 Å². The molecule has 0 saturated carbocycles. The van der Waals surface area contributed by atoms with Crippen LogP contribution in [0.3, 0.4) is 0 Å². The molecule has 0 aliphatic carbocycles. The van der Waals surface area contributed by atoms with Gasteiger partial charge in [0.05, 0.1) is 22.0 Å². The summed E-state index contributed by atoms with van der Waals surface area (Å²) in [6.45, 7) is 9.75. The largest absolute Gasteiger partial charge is 0.455 e. The number of hydrogen-bond donors (Lipinski definition) is 0. The van der Waals surface area contributed by atoms with Gasteiger partial charge in [-0.3, -0.25) is 0 Å². The van der Waals surface area contributed by atoms with E-state index in [0.29, 0.717) is 0 Å². The van der Waals surface area contributed by atoms with E-state index >= 15 is 0 Å². The molecular weight excluding hydrogens is 647 g/mol. The highest BCUT2D eigenvalue weighted by molar-refractivity contribution is 8.05. The number of nitrogens with zero attached hydrogens (tertiary/aromatic N) is 1. The third-order valence-electron chi connectivity index (χ3n) is 9.84. The zero-order chi connectivity index (χ0) is 31.9. The summed E-state index contributed by atoms with van der Waals surface area (Å²) in [5.41, 5.74) is 3.19. The first-order chi connectivity index (χ1) is 22.8. The fraction of sp³-hybridized carbons (Fsp3) is 0.100. The van der Waals surface area contributed by atoms with E-state index in [4.69, 9.17) is 9.47 Å². The van der Waals surface area contributed by atoms with Crippen molar-refractivity contribution in [3.63, 3.8) is 0 Å². The summed E-state index contributed by atoms with van der Waals surface area (Å²) in [5, 5.41) is 5.28. The van der Waals surface area contributed by atoms with Crippen molar-refractivity contribution in [2.75, 3.05) is 4.90 Å². The molecule has 0 radical (unpaired) electrons. The molecule has 0 unspecified atom stereocenters. The summed E-state index contributed by atoms with van der Waals surface area (Å²) in [6.07, 6.45) is 0. The highest BCUT2D eigenvalue weighted by Gasteiger charge is 2.41. The van der Waals surface area contributed by atoms with Crippen molar-refractivity contribution >= 4 is 77.5 Å². The van der Waals surface area contributed by atoms with Crippen molar-refractivity contribution in [2.24, 2.45) is 0 Å². The first-order valence-electron chi connectivity index (χ1n) is 16.0. The number of benzene rings is 6. The molecule has 0 N–H and O–H groups in total. The van der Waals surface area contributed by atoms with Gasteiger partial charge in [0, 0.05) is 14.7 Å². The fourth-order valence-corrected chi connectivity index (χ4v) is 15.3. The van der Waals surface area contributed by atoms with Gasteiger partial charge in [0.2, 0.25) is 0 Å². The van der Waals surface area contributed by atoms with E-state index in [1.165, 1.54) is 40.3 Å². The van der Waals surface area contributed by atoms with Crippen LogP contribution in [0.1, 0.15) is 0 Å². The number of para-hydroxylation sites is 4. The normalized spacial score (nSPS) is 15.7. The molecule has 230 valence electrons. The van der Waals surface area contributed by atoms with E-state index in [1.807, 2.05) is 23.5 Å². The molecule has 0 spiro atoms. The van der Waals surface area contributed by atoms with Gasteiger partial charge in [0.15, 0.2) is 11.5 Å². The van der Waals surface area contributed by atoms with Crippen LogP contribution in [-0.4, -0.2) is 16.1 Å². The second kappa shape index (κ2) is 10.7. The Kier molecular flexibility index (Phi) is 6.60. The molecule has 3 aliphatic rings. The summed E-state index contributed by atoms with van der Waals surface area (Å²) in [4.78, 5) is 7.50. The lowest BCUT2D eigenvalue weighted by Gasteiger charge is -2.39. The molecule has 0 bridgehead atoms. The van der Waals surface area contributed by atoms with Gasteiger partial charge >= 0.3 is 0 Å². The first-order valence-corrected chi connectivity index (χ1v) is 23.7. The van der Waals surface area contributed by atoms with Crippen LogP contribution in [0, 0.1) is 0 Å². The number of ether oxygens (including phenoxy) is 2. The van der Waals surface area contributed by atoms with Crippen LogP contribution in [0.25, 0.3) is 0 Å². The highest BCUT2D eigenvalue weighted by atomic mass is 32.2. The van der Waals surface area contributed by atoms with E-state index in [-0.39, 0.29) is 0 Å². The molecule has 6 aromatic carbocycles. The predicted octanol–water partition coefficient (Wildman–Crippen LogP) is 9.63. The van der Waals surface area contributed by atoms with Crippen molar-refractivity contribution in [2.45, 2.75) is 45.8 Å². The van der Waals surface area contributed by atoms with Crippen molar-refractivity contribution < 1.29 is 9.47 Å². The zero-order valence-corrected chi connectivity index (χ0v) is 30.3. The lowest BCUT2D eigenvalue weighted by atomic mass is 10.1. The minimum atomic E-state index is -2.07. The second-order valence-corrected chi connectivity index (χ2v) is 24.1. The Morgan fingerprint density at radius 1 is 0.426 bits per heavy atom. The van der Waals surface area contributed by atoms with Crippen LogP contribution in [0.15, 0.2) is 147 Å². The molecule has 0 amide bonds. The maximum atomic E-state index is 6.96. The zero-order valence-electron chi connectivity index (χ0n) is 26.7. The number of hydrogen-bond acceptors (Lipinski definition) is 5. The van der Waals surface area contributed by atoms with Crippen LogP contribution in [0.5, 0.6) is 23.0 Å². The molecule has 9 rings (SSSR count). The first kappa shape index (κ1) is 29.0. The van der Waals surface area contributed by atoms with Crippen molar-refractivity contribution in [1.29, 1.82) is 0 Å². The van der Waals surface area contributed by atoms with Crippen LogP contribution >= 0.6 is 23.5 Å². The number of rotatable bonds is 3. The topological polar surface area (TPSA) is 21.7 Å². The second-order valence-electron chi connectivity index (χ2n) is 13.3. The predicted molar refractivity (Wildman–Crippen MR) is 202 cm³/mol. The maximum Gasteiger partial charge on any atom is 0.151 e. The van der Waals surface area contributed by atoms with E-state index in [0.717, 1.165) is 40.1 Å². The SMILES string of the molecule is C[Si]1(C)c2ccccc2Oc2c(N(c3cccc4c3Oc3ccccc3[Si]4(C)C)c3cccc4c3Sc3ccccc3S4)cccc21. The van der Waals surface area contributed by atoms with Crippen molar-refractivity contribution in [1.82, 2.24) is 0 Å². The van der Waals surface area contributed by atoms with Crippen molar-refractivity contribution in [3.05, 3.63) is 127 Å². The quantitative estimate of drug-likeness (QED) is 0.173. The average molecular weight is 680 g/mol. The van der Waals surface area contributed by atoms with Crippen LogP contribution in [-0.2, 0) is 0 Å². The molecule has 7 heteroatoms. The van der Waals surface area contributed by atoms with Crippen LogP contribution < -0.4 is 35.1 Å². The summed E-state index contributed by atoms with van der Waals surface area (Å²) in [7, 11) is -4.14. The molecule has 3 aliphatic heterocycles. The lowest BCUT2D eigenvalue weighted by molar-refractivity contribution is 0.484. The molecule has 0 aromatic heterocycles. The van der Waals surface area contributed by atoms with Crippen molar-refractivity contribution in [3.8, 4) is 23.0 Å². The number of anilines is 3. The Hall–Kier alpha value is -4.15. The van der Waals surface area contributed by atoms with Gasteiger partial charge in [0.1, 0.15) is 27.6 Å². The summed E-state index contributed by atoms with van der Waals surface area (Å²) >= 11 is 3.70. The van der Waals surface area contributed by atoms with Gasteiger partial charge in [-0.2, -0.15) is 0 Å². The Labute approximate surface area is 286 Å². The van der Waals surface area contributed by atoms with Gasteiger partial charge in [-0.1, -0.05) is 129 Å². The Morgan fingerprint density at radius 3 is 1.43 bits per heavy atom. The molecule has 6 aromatic rings. The van der Waals surface area contributed by atoms with Gasteiger partial charge in [-0.15, -0.1) is 0 Å². The molecule has 3 heterocycles. The fourth-order valence-electron chi connectivity index (χ4n) is 7.35. The highest BCUT2D eigenvalue weighted by Crippen LogP contribution is 2.56. The Balaban J connectivity index is 1.32. The van der Waals surface area contributed by atoms with Gasteiger partial charge in [0.25, 0.3) is 0 Å². The number of fused-ring (bicyclic) bond motifs is 6.